The summed E-state index contributed by atoms with van der Waals surface area (Å²) in [5.74, 6) is 0.885. The summed E-state index contributed by atoms with van der Waals surface area (Å²) < 4.78 is 0. The Morgan fingerprint density at radius 2 is 1.95 bits per heavy atom. The highest BCUT2D eigenvalue weighted by Crippen LogP contribution is 2.44. The highest BCUT2D eigenvalue weighted by molar-refractivity contribution is 6.30. The Labute approximate surface area is 126 Å². The molecule has 1 amide bonds. The SMILES string of the molecule is CC(C)CCCNC(=O)C1(c2ccc(Cl)cc2)CCC1. The van der Waals surface area contributed by atoms with E-state index in [0.29, 0.717) is 5.92 Å². The van der Waals surface area contributed by atoms with E-state index in [4.69, 9.17) is 11.6 Å². The Morgan fingerprint density at radius 1 is 1.30 bits per heavy atom. The molecule has 1 aromatic carbocycles. The van der Waals surface area contributed by atoms with Crippen LogP contribution in [0.25, 0.3) is 0 Å². The average molecular weight is 294 g/mol. The summed E-state index contributed by atoms with van der Waals surface area (Å²) in [6.07, 6.45) is 5.24. The lowest BCUT2D eigenvalue weighted by atomic mass is 9.64. The Hall–Kier alpha value is -1.02. The quantitative estimate of drug-likeness (QED) is 0.778. The summed E-state index contributed by atoms with van der Waals surface area (Å²) in [6, 6.07) is 7.75. The predicted molar refractivity (Wildman–Crippen MR) is 84.1 cm³/mol. The van der Waals surface area contributed by atoms with Gasteiger partial charge < -0.3 is 5.32 Å². The van der Waals surface area contributed by atoms with Crippen LogP contribution in [-0.2, 0) is 10.2 Å². The number of halogens is 1. The van der Waals surface area contributed by atoms with Gasteiger partial charge in [0.15, 0.2) is 0 Å². The number of carbonyl (C=O) groups is 1. The molecule has 3 heteroatoms. The van der Waals surface area contributed by atoms with Gasteiger partial charge in [-0.1, -0.05) is 44.0 Å². The number of amides is 1. The third-order valence-corrected chi connectivity index (χ3v) is 4.53. The van der Waals surface area contributed by atoms with Crippen molar-refractivity contribution in [3.8, 4) is 0 Å². The van der Waals surface area contributed by atoms with E-state index in [9.17, 15) is 4.79 Å². The van der Waals surface area contributed by atoms with Gasteiger partial charge in [0.25, 0.3) is 0 Å². The van der Waals surface area contributed by atoms with E-state index in [1.807, 2.05) is 24.3 Å². The van der Waals surface area contributed by atoms with Gasteiger partial charge in [0.1, 0.15) is 0 Å². The summed E-state index contributed by atoms with van der Waals surface area (Å²) in [5, 5.41) is 3.84. The molecular weight excluding hydrogens is 270 g/mol. The van der Waals surface area contributed by atoms with E-state index >= 15 is 0 Å². The molecule has 0 spiro atoms. The molecule has 0 unspecified atom stereocenters. The van der Waals surface area contributed by atoms with E-state index in [0.717, 1.165) is 49.2 Å². The second-order valence-corrected chi connectivity index (χ2v) is 6.67. The lowest BCUT2D eigenvalue weighted by Crippen LogP contribution is -2.49. The monoisotopic (exact) mass is 293 g/mol. The molecule has 1 saturated carbocycles. The molecule has 1 aliphatic carbocycles. The Bertz CT molecular complexity index is 449. The van der Waals surface area contributed by atoms with Crippen molar-refractivity contribution in [2.75, 3.05) is 6.54 Å². The van der Waals surface area contributed by atoms with Crippen LogP contribution in [-0.4, -0.2) is 12.5 Å². The molecule has 2 nitrogen and oxygen atoms in total. The van der Waals surface area contributed by atoms with Crippen molar-refractivity contribution < 1.29 is 4.79 Å². The Balaban J connectivity index is 1.96. The number of hydrogen-bond acceptors (Lipinski definition) is 1. The number of carbonyl (C=O) groups excluding carboxylic acids is 1. The topological polar surface area (TPSA) is 29.1 Å². The van der Waals surface area contributed by atoms with Crippen LogP contribution in [0.4, 0.5) is 0 Å². The van der Waals surface area contributed by atoms with Gasteiger partial charge in [0, 0.05) is 11.6 Å². The summed E-state index contributed by atoms with van der Waals surface area (Å²) in [5.41, 5.74) is 0.803. The van der Waals surface area contributed by atoms with E-state index in [1.165, 1.54) is 0 Å². The molecule has 1 aliphatic rings. The Morgan fingerprint density at radius 3 is 2.45 bits per heavy atom. The first-order chi connectivity index (χ1) is 9.54. The molecule has 0 bridgehead atoms. The fourth-order valence-corrected chi connectivity index (χ4v) is 2.95. The van der Waals surface area contributed by atoms with Crippen LogP contribution in [0.15, 0.2) is 24.3 Å². The Kier molecular flexibility index (Phi) is 5.09. The lowest BCUT2D eigenvalue weighted by Gasteiger charge is -2.40. The molecule has 1 N–H and O–H groups in total. The number of rotatable bonds is 6. The molecule has 110 valence electrons. The van der Waals surface area contributed by atoms with E-state index in [-0.39, 0.29) is 11.3 Å². The smallest absolute Gasteiger partial charge is 0.230 e. The van der Waals surface area contributed by atoms with Gasteiger partial charge in [-0.05, 0) is 49.3 Å². The second-order valence-electron chi connectivity index (χ2n) is 6.23. The van der Waals surface area contributed by atoms with Crippen LogP contribution < -0.4 is 5.32 Å². The molecule has 0 atom stereocenters. The van der Waals surface area contributed by atoms with Gasteiger partial charge >= 0.3 is 0 Å². The lowest BCUT2D eigenvalue weighted by molar-refractivity contribution is -0.129. The van der Waals surface area contributed by atoms with Gasteiger partial charge in [-0.2, -0.15) is 0 Å². The minimum Gasteiger partial charge on any atom is -0.355 e. The van der Waals surface area contributed by atoms with Crippen LogP contribution >= 0.6 is 11.6 Å². The maximum Gasteiger partial charge on any atom is 0.230 e. The van der Waals surface area contributed by atoms with Crippen LogP contribution in [0.1, 0.15) is 51.5 Å². The minimum absolute atomic E-state index is 0.190. The molecule has 0 aromatic heterocycles. The van der Waals surface area contributed by atoms with Gasteiger partial charge in [-0.25, -0.2) is 0 Å². The summed E-state index contributed by atoms with van der Waals surface area (Å²) in [7, 11) is 0. The highest BCUT2D eigenvalue weighted by atomic mass is 35.5. The molecule has 2 rings (SSSR count). The number of hydrogen-bond donors (Lipinski definition) is 1. The van der Waals surface area contributed by atoms with Crippen molar-refractivity contribution in [1.29, 1.82) is 0 Å². The van der Waals surface area contributed by atoms with Crippen molar-refractivity contribution in [2.24, 2.45) is 5.92 Å². The first kappa shape index (κ1) is 15.4. The van der Waals surface area contributed by atoms with Crippen molar-refractivity contribution in [3.63, 3.8) is 0 Å². The standard InChI is InChI=1S/C17H24ClNO/c1-13(2)5-3-12-19-16(20)17(10-4-11-17)14-6-8-15(18)9-7-14/h6-9,13H,3-5,10-12H2,1-2H3,(H,19,20). The number of benzene rings is 1. The van der Waals surface area contributed by atoms with Gasteiger partial charge in [-0.3, -0.25) is 4.79 Å². The van der Waals surface area contributed by atoms with Crippen LogP contribution in [0, 0.1) is 5.92 Å². The van der Waals surface area contributed by atoms with Crippen LogP contribution in [0.2, 0.25) is 5.02 Å². The molecule has 1 aromatic rings. The first-order valence-electron chi connectivity index (χ1n) is 7.59. The van der Waals surface area contributed by atoms with Gasteiger partial charge in [0.05, 0.1) is 5.41 Å². The maximum absolute atomic E-state index is 12.5. The molecule has 0 radical (unpaired) electrons. The van der Waals surface area contributed by atoms with E-state index < -0.39 is 0 Å². The molecule has 20 heavy (non-hydrogen) atoms. The fraction of sp³-hybridized carbons (Fsp3) is 0.588. The molecule has 1 fully saturated rings. The molecule has 0 heterocycles. The number of nitrogens with one attached hydrogen (secondary N) is 1. The second kappa shape index (κ2) is 6.62. The zero-order chi connectivity index (χ0) is 14.6. The molecule has 0 saturated heterocycles. The fourth-order valence-electron chi connectivity index (χ4n) is 2.83. The first-order valence-corrected chi connectivity index (χ1v) is 7.97. The normalized spacial score (nSPS) is 16.8. The van der Waals surface area contributed by atoms with Crippen molar-refractivity contribution in [2.45, 2.75) is 51.4 Å². The van der Waals surface area contributed by atoms with Crippen molar-refractivity contribution >= 4 is 17.5 Å². The third kappa shape index (κ3) is 3.35. The van der Waals surface area contributed by atoms with Crippen molar-refractivity contribution in [1.82, 2.24) is 5.32 Å². The zero-order valence-corrected chi connectivity index (χ0v) is 13.2. The summed E-state index contributed by atoms with van der Waals surface area (Å²) >= 11 is 5.93. The van der Waals surface area contributed by atoms with Gasteiger partial charge in [0.2, 0.25) is 5.91 Å². The van der Waals surface area contributed by atoms with Crippen LogP contribution in [0.3, 0.4) is 0 Å². The largest absolute Gasteiger partial charge is 0.355 e. The van der Waals surface area contributed by atoms with Crippen LogP contribution in [0.5, 0.6) is 0 Å². The van der Waals surface area contributed by atoms with E-state index in [1.54, 1.807) is 0 Å². The third-order valence-electron chi connectivity index (χ3n) is 4.28. The summed E-state index contributed by atoms with van der Waals surface area (Å²) in [4.78, 5) is 12.5. The van der Waals surface area contributed by atoms with E-state index in [2.05, 4.69) is 19.2 Å². The van der Waals surface area contributed by atoms with Crippen molar-refractivity contribution in [3.05, 3.63) is 34.9 Å². The maximum atomic E-state index is 12.5. The predicted octanol–water partition coefficient (Wildman–Crippen LogP) is 4.31. The highest BCUT2D eigenvalue weighted by Gasteiger charge is 2.45. The minimum atomic E-state index is -0.303. The van der Waals surface area contributed by atoms with Gasteiger partial charge in [-0.15, -0.1) is 0 Å². The zero-order valence-electron chi connectivity index (χ0n) is 12.4. The molecular formula is C17H24ClNO. The molecule has 0 aliphatic heterocycles. The average Bonchev–Trinajstić information content (AvgIpc) is 2.35. The summed E-state index contributed by atoms with van der Waals surface area (Å²) in [6.45, 7) is 5.21.